The summed E-state index contributed by atoms with van der Waals surface area (Å²) in [6.45, 7) is 2.81. The maximum absolute atomic E-state index is 12.6. The Morgan fingerprint density at radius 2 is 1.96 bits per heavy atom. The number of hydrogen-bond acceptors (Lipinski definition) is 6. The van der Waals surface area contributed by atoms with Gasteiger partial charge in [0, 0.05) is 56.1 Å². The quantitative estimate of drug-likeness (QED) is 0.855. The molecule has 0 radical (unpaired) electrons. The maximum atomic E-state index is 12.6. The van der Waals surface area contributed by atoms with Gasteiger partial charge in [-0.1, -0.05) is 5.16 Å². The van der Waals surface area contributed by atoms with E-state index >= 15 is 0 Å². The Balaban J connectivity index is 1.42. The van der Waals surface area contributed by atoms with Crippen LogP contribution in [0.1, 0.15) is 31.0 Å². The van der Waals surface area contributed by atoms with Crippen molar-refractivity contribution in [3.8, 4) is 11.5 Å². The number of ether oxygens (including phenoxy) is 1. The Hall–Kier alpha value is -2.28. The van der Waals surface area contributed by atoms with Gasteiger partial charge in [-0.05, 0) is 31.4 Å². The molecule has 4 heterocycles. The zero-order chi connectivity index (χ0) is 16.4. The lowest BCUT2D eigenvalue weighted by Gasteiger charge is -2.26. The van der Waals surface area contributed by atoms with Crippen molar-refractivity contribution in [2.45, 2.75) is 25.2 Å². The van der Waals surface area contributed by atoms with Gasteiger partial charge in [-0.3, -0.25) is 9.78 Å². The van der Waals surface area contributed by atoms with E-state index in [-0.39, 0.29) is 17.7 Å². The van der Waals surface area contributed by atoms with Gasteiger partial charge in [0.1, 0.15) is 0 Å². The summed E-state index contributed by atoms with van der Waals surface area (Å²) < 4.78 is 10.7. The molecule has 1 atom stereocenters. The van der Waals surface area contributed by atoms with Crippen LogP contribution in [0.4, 0.5) is 0 Å². The summed E-state index contributed by atoms with van der Waals surface area (Å²) in [6.07, 6.45) is 5.93. The van der Waals surface area contributed by atoms with Crippen molar-refractivity contribution in [2.75, 3.05) is 26.3 Å². The van der Waals surface area contributed by atoms with E-state index in [4.69, 9.17) is 9.26 Å². The second kappa shape index (κ2) is 6.68. The average molecular weight is 328 g/mol. The van der Waals surface area contributed by atoms with Gasteiger partial charge in [0.25, 0.3) is 5.89 Å². The van der Waals surface area contributed by atoms with Crippen molar-refractivity contribution in [3.05, 3.63) is 30.4 Å². The molecule has 1 unspecified atom stereocenters. The van der Waals surface area contributed by atoms with E-state index in [0.717, 1.165) is 31.4 Å². The molecule has 2 saturated heterocycles. The second-order valence-electron chi connectivity index (χ2n) is 6.35. The molecule has 7 nitrogen and oxygen atoms in total. The van der Waals surface area contributed by atoms with Crippen LogP contribution in [0, 0.1) is 5.92 Å². The summed E-state index contributed by atoms with van der Waals surface area (Å²) in [6, 6.07) is 3.68. The number of amides is 1. The molecule has 0 spiro atoms. The SMILES string of the molecule is O=C(C1CCOCC1)N1CCC(c2noc(-c3ccncc3)n2)C1. The second-order valence-corrected chi connectivity index (χ2v) is 6.35. The number of rotatable bonds is 3. The van der Waals surface area contributed by atoms with E-state index in [1.807, 2.05) is 17.0 Å². The van der Waals surface area contributed by atoms with Crippen molar-refractivity contribution in [1.29, 1.82) is 0 Å². The molecule has 2 aliphatic heterocycles. The topological polar surface area (TPSA) is 81.4 Å². The van der Waals surface area contributed by atoms with Crippen molar-refractivity contribution < 1.29 is 14.1 Å². The van der Waals surface area contributed by atoms with Gasteiger partial charge in [-0.25, -0.2) is 0 Å². The van der Waals surface area contributed by atoms with Gasteiger partial charge >= 0.3 is 0 Å². The number of carbonyl (C=O) groups excluding carboxylic acids is 1. The lowest BCUT2D eigenvalue weighted by molar-refractivity contribution is -0.137. The minimum absolute atomic E-state index is 0.107. The largest absolute Gasteiger partial charge is 0.381 e. The van der Waals surface area contributed by atoms with Crippen molar-refractivity contribution in [1.82, 2.24) is 20.0 Å². The highest BCUT2D eigenvalue weighted by Gasteiger charge is 2.34. The molecule has 0 aromatic carbocycles. The molecule has 4 rings (SSSR count). The summed E-state index contributed by atoms with van der Waals surface area (Å²) >= 11 is 0. The normalized spacial score (nSPS) is 22.0. The van der Waals surface area contributed by atoms with Gasteiger partial charge in [-0.15, -0.1) is 0 Å². The number of carbonyl (C=O) groups is 1. The van der Waals surface area contributed by atoms with Crippen LogP contribution in [0.3, 0.4) is 0 Å². The van der Waals surface area contributed by atoms with Gasteiger partial charge in [0.15, 0.2) is 5.82 Å². The number of likely N-dealkylation sites (tertiary alicyclic amines) is 1. The Bertz CT molecular complexity index is 697. The molecule has 2 aromatic heterocycles. The first-order valence-corrected chi connectivity index (χ1v) is 8.42. The number of nitrogens with zero attached hydrogens (tertiary/aromatic N) is 4. The molecule has 0 N–H and O–H groups in total. The van der Waals surface area contributed by atoms with Gasteiger partial charge in [0.05, 0.1) is 0 Å². The summed E-state index contributed by atoms with van der Waals surface area (Å²) in [4.78, 5) is 23.0. The fourth-order valence-electron chi connectivity index (χ4n) is 3.39. The fourth-order valence-corrected chi connectivity index (χ4v) is 3.39. The molecule has 126 valence electrons. The van der Waals surface area contributed by atoms with E-state index in [9.17, 15) is 4.79 Å². The lowest BCUT2D eigenvalue weighted by atomic mass is 9.99. The van der Waals surface area contributed by atoms with Crippen LogP contribution >= 0.6 is 0 Å². The lowest BCUT2D eigenvalue weighted by Crippen LogP contribution is -2.37. The van der Waals surface area contributed by atoms with E-state index in [1.165, 1.54) is 0 Å². The Morgan fingerprint density at radius 1 is 1.17 bits per heavy atom. The molecule has 2 aromatic rings. The highest BCUT2D eigenvalue weighted by atomic mass is 16.5. The van der Waals surface area contributed by atoms with E-state index in [0.29, 0.717) is 31.5 Å². The molecule has 0 saturated carbocycles. The maximum Gasteiger partial charge on any atom is 0.258 e. The summed E-state index contributed by atoms with van der Waals surface area (Å²) in [5, 5.41) is 4.12. The minimum atomic E-state index is 0.107. The van der Waals surface area contributed by atoms with Crippen LogP contribution in [-0.2, 0) is 9.53 Å². The zero-order valence-corrected chi connectivity index (χ0v) is 13.4. The molecule has 0 aliphatic carbocycles. The predicted molar refractivity (Wildman–Crippen MR) is 85.0 cm³/mol. The Labute approximate surface area is 140 Å². The molecule has 7 heteroatoms. The Kier molecular flexibility index (Phi) is 4.25. The average Bonchev–Trinajstić information content (AvgIpc) is 3.32. The van der Waals surface area contributed by atoms with Crippen LogP contribution in [-0.4, -0.2) is 52.2 Å². The van der Waals surface area contributed by atoms with Gasteiger partial charge in [0.2, 0.25) is 5.91 Å². The van der Waals surface area contributed by atoms with Crippen molar-refractivity contribution in [2.24, 2.45) is 5.92 Å². The van der Waals surface area contributed by atoms with Gasteiger partial charge in [-0.2, -0.15) is 4.98 Å². The number of aromatic nitrogens is 3. The summed E-state index contributed by atoms with van der Waals surface area (Å²) in [5.74, 6) is 1.69. The molecule has 2 aliphatic rings. The van der Waals surface area contributed by atoms with Gasteiger partial charge < -0.3 is 14.2 Å². The molecular formula is C17H20N4O3. The third-order valence-electron chi connectivity index (χ3n) is 4.80. The third kappa shape index (κ3) is 3.03. The van der Waals surface area contributed by atoms with Crippen LogP contribution < -0.4 is 0 Å². The third-order valence-corrected chi connectivity index (χ3v) is 4.80. The monoisotopic (exact) mass is 328 g/mol. The first kappa shape index (κ1) is 15.3. The molecular weight excluding hydrogens is 308 g/mol. The van der Waals surface area contributed by atoms with E-state index in [2.05, 4.69) is 15.1 Å². The molecule has 1 amide bonds. The highest BCUT2D eigenvalue weighted by Crippen LogP contribution is 2.29. The van der Waals surface area contributed by atoms with Crippen LogP contribution in [0.25, 0.3) is 11.5 Å². The fraction of sp³-hybridized carbons (Fsp3) is 0.529. The smallest absolute Gasteiger partial charge is 0.258 e. The van der Waals surface area contributed by atoms with Crippen LogP contribution in [0.15, 0.2) is 29.0 Å². The number of pyridine rings is 1. The Morgan fingerprint density at radius 3 is 2.75 bits per heavy atom. The van der Waals surface area contributed by atoms with E-state index in [1.54, 1.807) is 12.4 Å². The minimum Gasteiger partial charge on any atom is -0.381 e. The molecule has 2 fully saturated rings. The van der Waals surface area contributed by atoms with Crippen LogP contribution in [0.2, 0.25) is 0 Å². The first-order valence-electron chi connectivity index (χ1n) is 8.42. The standard InChI is InChI=1S/C17H20N4O3/c22-17(13-4-9-23-10-5-13)21-8-3-14(11-21)15-19-16(24-20-15)12-1-6-18-7-2-12/h1-2,6-7,13-14H,3-5,8-11H2. The van der Waals surface area contributed by atoms with Crippen molar-refractivity contribution in [3.63, 3.8) is 0 Å². The van der Waals surface area contributed by atoms with Crippen LogP contribution in [0.5, 0.6) is 0 Å². The summed E-state index contributed by atoms with van der Waals surface area (Å²) in [5.41, 5.74) is 0.858. The zero-order valence-electron chi connectivity index (χ0n) is 13.4. The number of hydrogen-bond donors (Lipinski definition) is 0. The van der Waals surface area contributed by atoms with E-state index < -0.39 is 0 Å². The molecule has 24 heavy (non-hydrogen) atoms. The predicted octanol–water partition coefficient (Wildman–Crippen LogP) is 1.87. The van der Waals surface area contributed by atoms with Crippen molar-refractivity contribution >= 4 is 5.91 Å². The highest BCUT2D eigenvalue weighted by molar-refractivity contribution is 5.79. The summed E-state index contributed by atoms with van der Waals surface area (Å²) in [7, 11) is 0. The first-order chi connectivity index (χ1) is 11.8. The molecule has 0 bridgehead atoms.